The molecule has 0 fully saturated rings. The van der Waals surface area contributed by atoms with Gasteiger partial charge in [-0.1, -0.05) is 96.8 Å². The van der Waals surface area contributed by atoms with Crippen molar-refractivity contribution in [2.75, 3.05) is 0 Å². The summed E-state index contributed by atoms with van der Waals surface area (Å²) >= 11 is 0. The van der Waals surface area contributed by atoms with E-state index in [0.717, 1.165) is 12.1 Å². The molecule has 0 aromatic heterocycles. The van der Waals surface area contributed by atoms with E-state index in [1.54, 1.807) is 0 Å². The Morgan fingerprint density at radius 1 is 0.667 bits per heavy atom. The van der Waals surface area contributed by atoms with Crippen molar-refractivity contribution >= 4 is 11.6 Å². The highest BCUT2D eigenvalue weighted by Crippen LogP contribution is 2.13. The second-order valence-electron chi connectivity index (χ2n) is 7.29. The van der Waals surface area contributed by atoms with Crippen LogP contribution in [0.5, 0.6) is 0 Å². The molecule has 0 saturated heterocycles. The van der Waals surface area contributed by atoms with Gasteiger partial charge in [-0.3, -0.25) is 4.79 Å². The molecule has 1 amide bonds. The van der Waals surface area contributed by atoms with Gasteiger partial charge in [0.05, 0.1) is 0 Å². The highest BCUT2D eigenvalue weighted by Gasteiger charge is 1.99. The molecule has 0 aromatic rings. The van der Waals surface area contributed by atoms with E-state index in [-0.39, 0.29) is 5.91 Å². The molecule has 0 saturated carbocycles. The SMILES string of the molecule is CCCCCCCCCCCCCCCCCC(=O)NN=C(C)C. The van der Waals surface area contributed by atoms with Gasteiger partial charge in [0.15, 0.2) is 0 Å². The normalized spacial score (nSPS) is 10.6. The van der Waals surface area contributed by atoms with Gasteiger partial charge < -0.3 is 0 Å². The van der Waals surface area contributed by atoms with Crippen LogP contribution in [0.2, 0.25) is 0 Å². The number of carbonyl (C=O) groups is 1. The van der Waals surface area contributed by atoms with Crippen molar-refractivity contribution in [1.82, 2.24) is 5.43 Å². The summed E-state index contributed by atoms with van der Waals surface area (Å²) in [6.07, 6.45) is 20.9. The van der Waals surface area contributed by atoms with Crippen LogP contribution in [-0.4, -0.2) is 11.6 Å². The molecule has 0 aromatic carbocycles. The molecule has 0 aliphatic rings. The van der Waals surface area contributed by atoms with Crippen molar-refractivity contribution in [1.29, 1.82) is 0 Å². The van der Waals surface area contributed by atoms with E-state index in [4.69, 9.17) is 0 Å². The number of nitrogens with one attached hydrogen (secondary N) is 1. The summed E-state index contributed by atoms with van der Waals surface area (Å²) in [6, 6.07) is 0. The third-order valence-corrected chi connectivity index (χ3v) is 4.41. The first-order valence-electron chi connectivity index (χ1n) is 10.5. The number of carbonyl (C=O) groups excluding carboxylic acids is 1. The highest BCUT2D eigenvalue weighted by atomic mass is 16.2. The van der Waals surface area contributed by atoms with E-state index >= 15 is 0 Å². The highest BCUT2D eigenvalue weighted by molar-refractivity contribution is 5.82. The molecule has 0 unspecified atom stereocenters. The van der Waals surface area contributed by atoms with Gasteiger partial charge in [-0.25, -0.2) is 5.43 Å². The van der Waals surface area contributed by atoms with Gasteiger partial charge in [0, 0.05) is 12.1 Å². The van der Waals surface area contributed by atoms with Crippen LogP contribution in [0.1, 0.15) is 124 Å². The smallest absolute Gasteiger partial charge is 0.240 e. The van der Waals surface area contributed by atoms with Gasteiger partial charge in [0.2, 0.25) is 5.91 Å². The van der Waals surface area contributed by atoms with Crippen LogP contribution in [-0.2, 0) is 4.79 Å². The molecule has 0 aliphatic carbocycles. The second-order valence-corrected chi connectivity index (χ2v) is 7.29. The average Bonchev–Trinajstić information content (AvgIpc) is 2.56. The Balaban J connectivity index is 3.12. The van der Waals surface area contributed by atoms with E-state index in [2.05, 4.69) is 17.5 Å². The van der Waals surface area contributed by atoms with Gasteiger partial charge in [-0.05, 0) is 20.3 Å². The molecular formula is C21H42N2O. The van der Waals surface area contributed by atoms with E-state index in [9.17, 15) is 4.79 Å². The lowest BCUT2D eigenvalue weighted by Gasteiger charge is -2.03. The van der Waals surface area contributed by atoms with E-state index < -0.39 is 0 Å². The zero-order valence-corrected chi connectivity index (χ0v) is 16.7. The van der Waals surface area contributed by atoms with E-state index in [1.165, 1.54) is 89.9 Å². The van der Waals surface area contributed by atoms with Crippen molar-refractivity contribution in [3.8, 4) is 0 Å². The maximum atomic E-state index is 11.5. The minimum atomic E-state index is 0.0471. The fraction of sp³-hybridized carbons (Fsp3) is 0.905. The summed E-state index contributed by atoms with van der Waals surface area (Å²) in [5.41, 5.74) is 3.47. The van der Waals surface area contributed by atoms with Gasteiger partial charge in [-0.15, -0.1) is 0 Å². The number of nitrogens with zero attached hydrogens (tertiary/aromatic N) is 1. The first kappa shape index (κ1) is 23.1. The maximum Gasteiger partial charge on any atom is 0.240 e. The average molecular weight is 339 g/mol. The molecule has 0 spiro atoms. The van der Waals surface area contributed by atoms with Crippen LogP contribution in [0.15, 0.2) is 5.10 Å². The number of hydrogen-bond acceptors (Lipinski definition) is 2. The molecule has 0 radical (unpaired) electrons. The topological polar surface area (TPSA) is 41.5 Å². The van der Waals surface area contributed by atoms with Crippen molar-refractivity contribution in [3.05, 3.63) is 0 Å². The maximum absolute atomic E-state index is 11.5. The number of hydrogen-bond donors (Lipinski definition) is 1. The minimum absolute atomic E-state index is 0.0471. The molecule has 0 heterocycles. The largest absolute Gasteiger partial charge is 0.273 e. The molecule has 1 N–H and O–H groups in total. The van der Waals surface area contributed by atoms with Crippen LogP contribution in [0, 0.1) is 0 Å². The van der Waals surface area contributed by atoms with Crippen LogP contribution in [0.4, 0.5) is 0 Å². The standard InChI is InChI=1S/C21H42N2O/c1-4-5-6-7-8-9-10-11-12-13-14-15-16-17-18-19-21(24)23-22-20(2)3/h4-19H2,1-3H3,(H,23,24). The number of rotatable bonds is 17. The van der Waals surface area contributed by atoms with Gasteiger partial charge >= 0.3 is 0 Å². The Labute approximate surface area is 151 Å². The molecule has 3 heteroatoms. The Bertz CT molecular complexity index is 309. The lowest BCUT2D eigenvalue weighted by atomic mass is 10.0. The molecule has 0 bridgehead atoms. The Morgan fingerprint density at radius 2 is 1.04 bits per heavy atom. The second kappa shape index (κ2) is 18.5. The molecule has 0 rings (SSSR count). The summed E-state index contributed by atoms with van der Waals surface area (Å²) in [5.74, 6) is 0.0471. The van der Waals surface area contributed by atoms with E-state index in [0.29, 0.717) is 6.42 Å². The summed E-state index contributed by atoms with van der Waals surface area (Å²) in [6.45, 7) is 6.04. The van der Waals surface area contributed by atoms with Gasteiger partial charge in [-0.2, -0.15) is 5.10 Å². The summed E-state index contributed by atoms with van der Waals surface area (Å²) < 4.78 is 0. The Morgan fingerprint density at radius 3 is 1.42 bits per heavy atom. The van der Waals surface area contributed by atoms with Crippen molar-refractivity contribution in [2.45, 2.75) is 124 Å². The fourth-order valence-corrected chi connectivity index (χ4v) is 2.89. The summed E-state index contributed by atoms with van der Waals surface area (Å²) in [4.78, 5) is 11.5. The molecular weight excluding hydrogens is 296 g/mol. The van der Waals surface area contributed by atoms with Crippen molar-refractivity contribution in [2.24, 2.45) is 5.10 Å². The minimum Gasteiger partial charge on any atom is -0.273 e. The Kier molecular flexibility index (Phi) is 17.8. The van der Waals surface area contributed by atoms with Crippen molar-refractivity contribution in [3.63, 3.8) is 0 Å². The quantitative estimate of drug-likeness (QED) is 0.178. The molecule has 142 valence electrons. The van der Waals surface area contributed by atoms with Crippen LogP contribution < -0.4 is 5.43 Å². The summed E-state index contributed by atoms with van der Waals surface area (Å²) in [7, 11) is 0. The zero-order valence-electron chi connectivity index (χ0n) is 16.7. The third-order valence-electron chi connectivity index (χ3n) is 4.41. The molecule has 0 atom stereocenters. The van der Waals surface area contributed by atoms with Gasteiger partial charge in [0.25, 0.3) is 0 Å². The number of hydrazone groups is 1. The molecule has 0 aliphatic heterocycles. The molecule has 24 heavy (non-hydrogen) atoms. The van der Waals surface area contributed by atoms with Crippen LogP contribution in [0.25, 0.3) is 0 Å². The number of amides is 1. The van der Waals surface area contributed by atoms with Crippen LogP contribution in [0.3, 0.4) is 0 Å². The lowest BCUT2D eigenvalue weighted by molar-refractivity contribution is -0.121. The monoisotopic (exact) mass is 338 g/mol. The van der Waals surface area contributed by atoms with Crippen molar-refractivity contribution < 1.29 is 4.79 Å². The third kappa shape index (κ3) is 19.2. The lowest BCUT2D eigenvalue weighted by Crippen LogP contribution is -2.17. The first-order valence-corrected chi connectivity index (χ1v) is 10.5. The fourth-order valence-electron chi connectivity index (χ4n) is 2.89. The predicted molar refractivity (Wildman–Crippen MR) is 106 cm³/mol. The molecule has 3 nitrogen and oxygen atoms in total. The Hall–Kier alpha value is -0.860. The first-order chi connectivity index (χ1) is 11.7. The summed E-state index contributed by atoms with van der Waals surface area (Å²) in [5, 5.41) is 3.93. The predicted octanol–water partition coefficient (Wildman–Crippen LogP) is 6.76. The zero-order chi connectivity index (χ0) is 17.9. The van der Waals surface area contributed by atoms with Crippen LogP contribution >= 0.6 is 0 Å². The van der Waals surface area contributed by atoms with Gasteiger partial charge in [0.1, 0.15) is 0 Å². The number of unbranched alkanes of at least 4 members (excludes halogenated alkanes) is 14. The van der Waals surface area contributed by atoms with E-state index in [1.807, 2.05) is 13.8 Å².